The van der Waals surface area contributed by atoms with Gasteiger partial charge in [0.1, 0.15) is 34.7 Å². The first-order chi connectivity index (χ1) is 16.7. The maximum atomic E-state index is 13.7. The number of halogens is 1. The lowest BCUT2D eigenvalue weighted by atomic mass is 9.92. The van der Waals surface area contributed by atoms with Crippen LogP contribution < -0.4 is 4.90 Å². The van der Waals surface area contributed by atoms with Crippen molar-refractivity contribution in [2.24, 2.45) is 0 Å². The molecule has 1 atom stereocenters. The number of pyridine rings is 1. The van der Waals surface area contributed by atoms with Crippen LogP contribution in [0, 0.1) is 22.7 Å². The van der Waals surface area contributed by atoms with Crippen molar-refractivity contribution < 1.29 is 9.13 Å². The van der Waals surface area contributed by atoms with Gasteiger partial charge in [-0.2, -0.15) is 20.7 Å². The molecule has 0 radical (unpaired) electrons. The monoisotopic (exact) mass is 472 g/mol. The highest BCUT2D eigenvalue weighted by atomic mass is 32.2. The van der Waals surface area contributed by atoms with Gasteiger partial charge < -0.3 is 9.64 Å². The van der Waals surface area contributed by atoms with Crippen LogP contribution in [0.1, 0.15) is 34.7 Å². The largest absolute Gasteiger partial charge is 0.381 e. The Bertz CT molecular complexity index is 1260. The molecule has 0 saturated carbocycles. The van der Waals surface area contributed by atoms with Gasteiger partial charge in [-0.15, -0.1) is 0 Å². The molecule has 0 amide bonds. The quantitative estimate of drug-likeness (QED) is 0.492. The fourth-order valence-corrected chi connectivity index (χ4v) is 5.13. The number of thioether (sulfide) groups is 1. The summed E-state index contributed by atoms with van der Waals surface area (Å²) in [6.07, 6.45) is 1.63. The first kappa shape index (κ1) is 22.3. The fraction of sp³-hybridized carbons (Fsp3) is 0.320. The van der Waals surface area contributed by atoms with E-state index < -0.39 is 6.17 Å². The third-order valence-electron chi connectivity index (χ3n) is 6.09. The van der Waals surface area contributed by atoms with Gasteiger partial charge >= 0.3 is 0 Å². The molecular weight excluding hydrogens is 451 g/mol. The molecule has 2 aromatic heterocycles. The van der Waals surface area contributed by atoms with E-state index in [-0.39, 0.29) is 13.1 Å². The Kier molecular flexibility index (Phi) is 6.39. The van der Waals surface area contributed by atoms with Crippen LogP contribution in [0.25, 0.3) is 11.1 Å². The number of nitrogens with zero attached hydrogens (tertiary/aromatic N) is 6. The second-order valence-corrected chi connectivity index (χ2v) is 9.24. The average Bonchev–Trinajstić information content (AvgIpc) is 3.40. The van der Waals surface area contributed by atoms with E-state index in [0.717, 1.165) is 24.3 Å². The summed E-state index contributed by atoms with van der Waals surface area (Å²) in [7, 11) is 0. The number of hydrogen-bond acceptors (Lipinski definition) is 8. The second-order valence-electron chi connectivity index (χ2n) is 8.28. The number of rotatable bonds is 6. The maximum Gasteiger partial charge on any atom is 0.148 e. The number of aromatic nitrogens is 3. The van der Waals surface area contributed by atoms with E-state index in [2.05, 4.69) is 27.3 Å². The number of benzene rings is 1. The minimum atomic E-state index is -0.948. The Labute approximate surface area is 201 Å². The van der Waals surface area contributed by atoms with E-state index in [1.54, 1.807) is 17.2 Å². The van der Waals surface area contributed by atoms with E-state index >= 15 is 0 Å². The van der Waals surface area contributed by atoms with Gasteiger partial charge in [0, 0.05) is 30.0 Å². The molecule has 4 heterocycles. The van der Waals surface area contributed by atoms with E-state index in [4.69, 9.17) is 4.74 Å². The predicted molar refractivity (Wildman–Crippen MR) is 126 cm³/mol. The van der Waals surface area contributed by atoms with Gasteiger partial charge in [0.25, 0.3) is 0 Å². The zero-order valence-electron chi connectivity index (χ0n) is 18.3. The number of alkyl halides is 1. The van der Waals surface area contributed by atoms with Gasteiger partial charge in [-0.25, -0.2) is 9.37 Å². The van der Waals surface area contributed by atoms with Crippen molar-refractivity contribution in [1.82, 2.24) is 15.2 Å². The molecule has 5 rings (SSSR count). The van der Waals surface area contributed by atoms with Crippen LogP contribution in [0.5, 0.6) is 0 Å². The molecule has 1 unspecified atom stereocenters. The van der Waals surface area contributed by atoms with Gasteiger partial charge in [-0.1, -0.05) is 36.0 Å². The summed E-state index contributed by atoms with van der Waals surface area (Å²) in [6, 6.07) is 16.1. The van der Waals surface area contributed by atoms with Crippen LogP contribution in [-0.4, -0.2) is 47.7 Å². The third kappa shape index (κ3) is 4.33. The minimum absolute atomic E-state index is 0.182. The van der Waals surface area contributed by atoms with Crippen LogP contribution in [-0.2, 0) is 10.5 Å². The standard InChI is InChI=1S/C25H21FN6OS/c26-19-12-32(13-19)24-21(10-27)23(17-5-3-16(4-6-17)18-7-9-33-14-18)22(11-28)25(30-24)34-15-20-2-1-8-29-31-20/h1-6,8,18-19H,7,9,12-15H2. The Morgan fingerprint density at radius 3 is 2.53 bits per heavy atom. The predicted octanol–water partition coefficient (Wildman–Crippen LogP) is 4.24. The lowest BCUT2D eigenvalue weighted by molar-refractivity contribution is 0.194. The summed E-state index contributed by atoms with van der Waals surface area (Å²) in [5.74, 6) is 1.24. The molecule has 0 bridgehead atoms. The molecular formula is C25H21FN6OS. The average molecular weight is 473 g/mol. The Hall–Kier alpha value is -3.53. The van der Waals surface area contributed by atoms with E-state index in [1.807, 2.05) is 30.3 Å². The lowest BCUT2D eigenvalue weighted by Crippen LogP contribution is -2.49. The molecule has 7 nitrogen and oxygen atoms in total. The van der Waals surface area contributed by atoms with Crippen molar-refractivity contribution in [3.63, 3.8) is 0 Å². The molecule has 0 aliphatic carbocycles. The topological polar surface area (TPSA) is 98.7 Å². The molecule has 0 N–H and O–H groups in total. The first-order valence-electron chi connectivity index (χ1n) is 11.0. The molecule has 170 valence electrons. The zero-order chi connectivity index (χ0) is 23.5. The lowest BCUT2D eigenvalue weighted by Gasteiger charge is -2.36. The van der Waals surface area contributed by atoms with Crippen molar-refractivity contribution in [1.29, 1.82) is 10.5 Å². The van der Waals surface area contributed by atoms with Gasteiger partial charge in [0.15, 0.2) is 0 Å². The van der Waals surface area contributed by atoms with Gasteiger partial charge in [0.05, 0.1) is 31.0 Å². The normalized spacial score (nSPS) is 17.7. The zero-order valence-corrected chi connectivity index (χ0v) is 19.1. The van der Waals surface area contributed by atoms with Crippen LogP contribution in [0.15, 0.2) is 47.6 Å². The molecule has 9 heteroatoms. The van der Waals surface area contributed by atoms with Crippen molar-refractivity contribution in [3.8, 4) is 23.3 Å². The highest BCUT2D eigenvalue weighted by Gasteiger charge is 2.32. The Morgan fingerprint density at radius 1 is 1.12 bits per heavy atom. The second kappa shape index (κ2) is 9.76. The van der Waals surface area contributed by atoms with Gasteiger partial charge in [-0.05, 0) is 29.7 Å². The fourth-order valence-electron chi connectivity index (χ4n) is 4.25. The van der Waals surface area contributed by atoms with Crippen molar-refractivity contribution >= 4 is 17.6 Å². The number of anilines is 1. The molecule has 2 fully saturated rings. The van der Waals surface area contributed by atoms with E-state index in [9.17, 15) is 14.9 Å². The SMILES string of the molecule is N#Cc1c(SCc2cccnn2)nc(N2CC(F)C2)c(C#N)c1-c1ccc(C2CCOC2)cc1. The van der Waals surface area contributed by atoms with Crippen LogP contribution in [0.4, 0.5) is 10.2 Å². The van der Waals surface area contributed by atoms with E-state index in [1.165, 1.54) is 17.3 Å². The molecule has 34 heavy (non-hydrogen) atoms. The maximum absolute atomic E-state index is 13.7. The highest BCUT2D eigenvalue weighted by molar-refractivity contribution is 7.98. The Morgan fingerprint density at radius 2 is 1.91 bits per heavy atom. The summed E-state index contributed by atoms with van der Waals surface area (Å²) in [6.45, 7) is 1.83. The Balaban J connectivity index is 1.58. The van der Waals surface area contributed by atoms with Gasteiger partial charge in [-0.3, -0.25) is 0 Å². The van der Waals surface area contributed by atoms with Crippen LogP contribution in [0.3, 0.4) is 0 Å². The summed E-state index contributed by atoms with van der Waals surface area (Å²) in [5, 5.41) is 28.7. The number of nitriles is 2. The van der Waals surface area contributed by atoms with Gasteiger partial charge in [0.2, 0.25) is 0 Å². The van der Waals surface area contributed by atoms with Crippen LogP contribution in [0.2, 0.25) is 0 Å². The molecule has 2 aliphatic heterocycles. The molecule has 3 aromatic rings. The van der Waals surface area contributed by atoms with Crippen molar-refractivity contribution in [3.05, 3.63) is 65.0 Å². The molecule has 1 aromatic carbocycles. The summed E-state index contributed by atoms with van der Waals surface area (Å²) in [4.78, 5) is 6.42. The van der Waals surface area contributed by atoms with Crippen molar-refractivity contribution in [2.75, 3.05) is 31.2 Å². The highest BCUT2D eigenvalue weighted by Crippen LogP contribution is 2.40. The van der Waals surface area contributed by atoms with Crippen LogP contribution >= 0.6 is 11.8 Å². The molecule has 0 spiro atoms. The molecule has 2 aliphatic rings. The first-order valence-corrected chi connectivity index (χ1v) is 12.0. The smallest absolute Gasteiger partial charge is 0.148 e. The minimum Gasteiger partial charge on any atom is -0.381 e. The third-order valence-corrected chi connectivity index (χ3v) is 7.10. The summed E-state index contributed by atoms with van der Waals surface area (Å²) in [5.41, 5.74) is 3.85. The van der Waals surface area contributed by atoms with E-state index in [0.29, 0.717) is 45.8 Å². The van der Waals surface area contributed by atoms with Crippen molar-refractivity contribution in [2.45, 2.75) is 29.3 Å². The summed E-state index contributed by atoms with van der Waals surface area (Å²) >= 11 is 1.36. The summed E-state index contributed by atoms with van der Waals surface area (Å²) < 4.78 is 19.2. The number of hydrogen-bond donors (Lipinski definition) is 0. The molecule has 2 saturated heterocycles. The number of ether oxygens (including phenoxy) is 1.